The number of hydrogen-bond donors (Lipinski definition) is 0. The first-order valence-corrected chi connectivity index (χ1v) is 19.1. The molecule has 11 aromatic rings. The molecule has 0 fully saturated rings. The largest absolute Gasteiger partial charge is 0.456 e. The third-order valence-electron chi connectivity index (χ3n) is 10.3. The highest BCUT2D eigenvalue weighted by molar-refractivity contribution is 7.27. The van der Waals surface area contributed by atoms with E-state index in [0.29, 0.717) is 0 Å². The van der Waals surface area contributed by atoms with Gasteiger partial charge in [0.2, 0.25) is 0 Å². The number of benzene rings is 8. The summed E-state index contributed by atoms with van der Waals surface area (Å²) >= 11 is 3.70. The molecule has 52 heavy (non-hydrogen) atoms. The molecule has 0 N–H and O–H groups in total. The second-order valence-corrected chi connectivity index (χ2v) is 15.4. The van der Waals surface area contributed by atoms with Crippen molar-refractivity contribution < 1.29 is 4.42 Å². The van der Waals surface area contributed by atoms with Crippen LogP contribution in [-0.2, 0) is 0 Å². The molecule has 0 saturated carbocycles. The molecule has 0 atom stereocenters. The average Bonchev–Trinajstić information content (AvgIpc) is 3.90. The van der Waals surface area contributed by atoms with Crippen LogP contribution in [0.1, 0.15) is 0 Å². The summed E-state index contributed by atoms with van der Waals surface area (Å²) in [6, 6.07) is 63.6. The molecular formula is C48H29NOS2. The summed E-state index contributed by atoms with van der Waals surface area (Å²) in [7, 11) is 0. The van der Waals surface area contributed by atoms with E-state index in [0.717, 1.165) is 33.6 Å². The highest BCUT2D eigenvalue weighted by Gasteiger charge is 2.23. The van der Waals surface area contributed by atoms with E-state index in [9.17, 15) is 0 Å². The van der Waals surface area contributed by atoms with Crippen molar-refractivity contribution in [1.29, 1.82) is 0 Å². The fourth-order valence-corrected chi connectivity index (χ4v) is 10.3. The Morgan fingerprint density at radius 3 is 1.79 bits per heavy atom. The quantitative estimate of drug-likeness (QED) is 0.178. The third-order valence-corrected chi connectivity index (χ3v) is 12.6. The van der Waals surface area contributed by atoms with Crippen LogP contribution in [0.4, 0.5) is 17.1 Å². The molecular weight excluding hydrogens is 671 g/mol. The molecule has 3 aromatic heterocycles. The average molecular weight is 700 g/mol. The van der Waals surface area contributed by atoms with Crippen LogP contribution >= 0.6 is 22.7 Å². The molecule has 0 aliphatic heterocycles. The van der Waals surface area contributed by atoms with Gasteiger partial charge in [0.25, 0.3) is 0 Å². The van der Waals surface area contributed by atoms with E-state index in [1.165, 1.54) is 68.0 Å². The zero-order valence-electron chi connectivity index (χ0n) is 27.9. The van der Waals surface area contributed by atoms with Crippen LogP contribution in [0.2, 0.25) is 0 Å². The van der Waals surface area contributed by atoms with Gasteiger partial charge in [-0.25, -0.2) is 0 Å². The van der Waals surface area contributed by atoms with Gasteiger partial charge in [0, 0.05) is 57.1 Å². The second-order valence-electron chi connectivity index (χ2n) is 13.2. The predicted octanol–water partition coefficient (Wildman–Crippen LogP) is 15.1. The normalized spacial score (nSPS) is 11.8. The van der Waals surface area contributed by atoms with Gasteiger partial charge >= 0.3 is 0 Å². The summed E-state index contributed by atoms with van der Waals surface area (Å²) in [5.41, 5.74) is 9.93. The summed E-state index contributed by atoms with van der Waals surface area (Å²) in [6.45, 7) is 0. The van der Waals surface area contributed by atoms with Crippen LogP contribution in [0.25, 0.3) is 84.5 Å². The van der Waals surface area contributed by atoms with E-state index >= 15 is 0 Å². The molecule has 0 aliphatic rings. The molecule has 0 amide bonds. The number of hydrogen-bond acceptors (Lipinski definition) is 4. The van der Waals surface area contributed by atoms with Crippen molar-refractivity contribution >= 4 is 102 Å². The van der Waals surface area contributed by atoms with E-state index in [4.69, 9.17) is 4.42 Å². The lowest BCUT2D eigenvalue weighted by Gasteiger charge is -2.27. The first-order chi connectivity index (χ1) is 25.8. The van der Waals surface area contributed by atoms with Crippen LogP contribution in [0, 0.1) is 0 Å². The van der Waals surface area contributed by atoms with Crippen LogP contribution in [0.15, 0.2) is 180 Å². The molecule has 3 heterocycles. The fourth-order valence-electron chi connectivity index (χ4n) is 7.93. The lowest BCUT2D eigenvalue weighted by Crippen LogP contribution is -2.10. The molecule has 0 aliphatic carbocycles. The van der Waals surface area contributed by atoms with E-state index in [1.807, 2.05) is 22.7 Å². The molecule has 11 rings (SSSR count). The third kappa shape index (κ3) is 4.55. The lowest BCUT2D eigenvalue weighted by atomic mass is 9.94. The molecule has 244 valence electrons. The molecule has 0 radical (unpaired) electrons. The van der Waals surface area contributed by atoms with E-state index in [-0.39, 0.29) is 0 Å². The van der Waals surface area contributed by atoms with Crippen LogP contribution in [0.5, 0.6) is 0 Å². The molecule has 2 nitrogen and oxygen atoms in total. The molecule has 0 saturated heterocycles. The first kappa shape index (κ1) is 29.5. The highest BCUT2D eigenvalue weighted by atomic mass is 32.1. The van der Waals surface area contributed by atoms with E-state index in [1.54, 1.807) is 0 Å². The first-order valence-electron chi connectivity index (χ1n) is 17.5. The lowest BCUT2D eigenvalue weighted by molar-refractivity contribution is 0.669. The van der Waals surface area contributed by atoms with Crippen molar-refractivity contribution in [2.75, 3.05) is 4.90 Å². The Bertz CT molecular complexity index is 3130. The Balaban J connectivity index is 1.16. The van der Waals surface area contributed by atoms with Gasteiger partial charge in [-0.2, -0.15) is 0 Å². The molecule has 0 spiro atoms. The van der Waals surface area contributed by atoms with Gasteiger partial charge in [-0.05, 0) is 89.0 Å². The standard InChI is InChI=1S/C48H29NOS2/c1-2-11-30(12-3-1)34-13-4-5-14-35(34)31-21-23-32(24-22-31)49(33-25-28-45-39(29-33)37-16-7-8-19-43(37)51-45)40-17-10-18-41-46(40)47-42(50-41)27-26-38-36-15-6-9-20-44(36)52-48(38)47/h1-29H. The summed E-state index contributed by atoms with van der Waals surface area (Å²) < 4.78 is 11.8. The van der Waals surface area contributed by atoms with E-state index in [2.05, 4.69) is 181 Å². The van der Waals surface area contributed by atoms with Gasteiger partial charge in [-0.3, -0.25) is 0 Å². The minimum atomic E-state index is 0.887. The SMILES string of the molecule is c1ccc(-c2ccccc2-c2ccc(N(c3ccc4sc5ccccc5c4c3)c3cccc4oc5ccc6c7ccccc7sc6c5c34)cc2)cc1. The topological polar surface area (TPSA) is 16.4 Å². The molecule has 4 heteroatoms. The Labute approximate surface area is 308 Å². The Morgan fingerprint density at radius 2 is 1.00 bits per heavy atom. The molecule has 0 bridgehead atoms. The maximum atomic E-state index is 6.65. The summed E-state index contributed by atoms with van der Waals surface area (Å²) in [6.07, 6.45) is 0. The van der Waals surface area contributed by atoms with Crippen molar-refractivity contribution in [3.8, 4) is 22.3 Å². The number of furan rings is 1. The number of fused-ring (bicyclic) bond motifs is 10. The van der Waals surface area contributed by atoms with Gasteiger partial charge in [-0.1, -0.05) is 109 Å². The van der Waals surface area contributed by atoms with Crippen molar-refractivity contribution in [2.45, 2.75) is 0 Å². The van der Waals surface area contributed by atoms with Crippen molar-refractivity contribution in [3.05, 3.63) is 176 Å². The Hall–Kier alpha value is -6.20. The maximum Gasteiger partial charge on any atom is 0.137 e. The Kier molecular flexibility index (Phi) is 6.63. The maximum absolute atomic E-state index is 6.65. The van der Waals surface area contributed by atoms with Gasteiger partial charge in [-0.15, -0.1) is 22.7 Å². The van der Waals surface area contributed by atoms with Gasteiger partial charge < -0.3 is 9.32 Å². The van der Waals surface area contributed by atoms with Crippen molar-refractivity contribution in [2.24, 2.45) is 0 Å². The second kappa shape index (κ2) is 11.7. The van der Waals surface area contributed by atoms with Crippen LogP contribution in [0.3, 0.4) is 0 Å². The minimum Gasteiger partial charge on any atom is -0.456 e. The monoisotopic (exact) mass is 699 g/mol. The smallest absolute Gasteiger partial charge is 0.137 e. The number of anilines is 3. The highest BCUT2D eigenvalue weighted by Crippen LogP contribution is 2.49. The van der Waals surface area contributed by atoms with E-state index < -0.39 is 0 Å². The van der Waals surface area contributed by atoms with Crippen LogP contribution < -0.4 is 4.90 Å². The van der Waals surface area contributed by atoms with Crippen molar-refractivity contribution in [3.63, 3.8) is 0 Å². The summed E-state index contributed by atoms with van der Waals surface area (Å²) in [4.78, 5) is 2.42. The minimum absolute atomic E-state index is 0.887. The zero-order chi connectivity index (χ0) is 34.2. The summed E-state index contributed by atoms with van der Waals surface area (Å²) in [5.74, 6) is 0. The number of nitrogens with zero attached hydrogens (tertiary/aromatic N) is 1. The van der Waals surface area contributed by atoms with Gasteiger partial charge in [0.15, 0.2) is 0 Å². The van der Waals surface area contributed by atoms with Gasteiger partial charge in [0.1, 0.15) is 11.2 Å². The Morgan fingerprint density at radius 1 is 0.385 bits per heavy atom. The zero-order valence-corrected chi connectivity index (χ0v) is 29.5. The van der Waals surface area contributed by atoms with Gasteiger partial charge in [0.05, 0.1) is 11.1 Å². The number of rotatable bonds is 5. The molecule has 8 aromatic carbocycles. The summed E-state index contributed by atoms with van der Waals surface area (Å²) in [5, 5.41) is 7.41. The predicted molar refractivity (Wildman–Crippen MR) is 225 cm³/mol. The van der Waals surface area contributed by atoms with Crippen molar-refractivity contribution in [1.82, 2.24) is 0 Å². The number of thiophene rings is 2. The van der Waals surface area contributed by atoms with Crippen LogP contribution in [-0.4, -0.2) is 0 Å². The fraction of sp³-hybridized carbons (Fsp3) is 0. The molecule has 0 unspecified atom stereocenters.